The van der Waals surface area contributed by atoms with Gasteiger partial charge in [0.15, 0.2) is 0 Å². The number of alkyl halides is 6. The minimum Gasteiger partial charge on any atom is -0.374 e. The fourth-order valence-electron chi connectivity index (χ4n) is 0.673. The van der Waals surface area contributed by atoms with Crippen molar-refractivity contribution in [2.45, 2.75) is 31.0 Å². The first-order valence-electron chi connectivity index (χ1n) is 3.35. The molecule has 1 unspecified atom stereocenters. The monoisotopic (exact) mass is 210 g/mol. The van der Waals surface area contributed by atoms with Gasteiger partial charge in [-0.15, -0.1) is 0 Å². The number of hydrogen-bond acceptors (Lipinski definition) is 1. The third-order valence-electron chi connectivity index (χ3n) is 1.71. The molecule has 0 aliphatic rings. The molecule has 1 atom stereocenters. The zero-order valence-electron chi connectivity index (χ0n) is 6.63. The molecule has 0 spiro atoms. The standard InChI is InChI=1S/C6H8F6O/c1-2-5(8,9)4(13,3-7)6(10,11)12/h13H,2-3H2,1H3. The summed E-state index contributed by atoms with van der Waals surface area (Å²) in [5.74, 6) is -4.51. The van der Waals surface area contributed by atoms with Gasteiger partial charge in [-0.3, -0.25) is 0 Å². The van der Waals surface area contributed by atoms with E-state index < -0.39 is 30.8 Å². The first-order chi connectivity index (χ1) is 5.62. The summed E-state index contributed by atoms with van der Waals surface area (Å²) in [5.41, 5.74) is -4.57. The molecule has 0 aliphatic heterocycles. The molecule has 0 aromatic heterocycles. The van der Waals surface area contributed by atoms with E-state index in [1.54, 1.807) is 0 Å². The molecule has 0 fully saturated rings. The van der Waals surface area contributed by atoms with E-state index in [1.165, 1.54) is 0 Å². The van der Waals surface area contributed by atoms with Gasteiger partial charge in [-0.1, -0.05) is 6.92 Å². The summed E-state index contributed by atoms with van der Waals surface area (Å²) in [6.45, 7) is -1.83. The van der Waals surface area contributed by atoms with Gasteiger partial charge in [-0.05, 0) is 0 Å². The summed E-state index contributed by atoms with van der Waals surface area (Å²) >= 11 is 0. The minimum absolute atomic E-state index is 0.729. The second kappa shape index (κ2) is 3.36. The Labute approximate surface area is 70.4 Å². The van der Waals surface area contributed by atoms with Gasteiger partial charge in [0, 0.05) is 6.42 Å². The molecule has 7 heteroatoms. The van der Waals surface area contributed by atoms with Gasteiger partial charge in [0.1, 0.15) is 6.67 Å². The van der Waals surface area contributed by atoms with E-state index in [0.717, 1.165) is 6.92 Å². The summed E-state index contributed by atoms with van der Waals surface area (Å²) < 4.78 is 72.2. The average Bonchev–Trinajstić information content (AvgIpc) is 2.00. The van der Waals surface area contributed by atoms with Crippen molar-refractivity contribution in [2.75, 3.05) is 6.67 Å². The van der Waals surface area contributed by atoms with Gasteiger partial charge in [0.05, 0.1) is 0 Å². The molecule has 0 aromatic rings. The van der Waals surface area contributed by atoms with E-state index in [-0.39, 0.29) is 0 Å². The van der Waals surface area contributed by atoms with Crippen LogP contribution in [0.25, 0.3) is 0 Å². The lowest BCUT2D eigenvalue weighted by molar-refractivity contribution is -0.335. The predicted molar refractivity (Wildman–Crippen MR) is 32.2 cm³/mol. The Morgan fingerprint density at radius 2 is 1.46 bits per heavy atom. The van der Waals surface area contributed by atoms with Crippen molar-refractivity contribution < 1.29 is 31.4 Å². The van der Waals surface area contributed by atoms with E-state index in [2.05, 4.69) is 0 Å². The maximum Gasteiger partial charge on any atom is 0.425 e. The highest BCUT2D eigenvalue weighted by Gasteiger charge is 2.68. The van der Waals surface area contributed by atoms with Gasteiger partial charge < -0.3 is 5.11 Å². The Morgan fingerprint density at radius 1 is 1.08 bits per heavy atom. The van der Waals surface area contributed by atoms with E-state index >= 15 is 0 Å². The summed E-state index contributed by atoms with van der Waals surface area (Å²) in [4.78, 5) is 0. The third-order valence-corrected chi connectivity index (χ3v) is 1.71. The molecule has 0 saturated carbocycles. The summed E-state index contributed by atoms with van der Waals surface area (Å²) in [7, 11) is 0. The fourth-order valence-corrected chi connectivity index (χ4v) is 0.673. The Balaban J connectivity index is 5.06. The lowest BCUT2D eigenvalue weighted by Crippen LogP contribution is -2.60. The largest absolute Gasteiger partial charge is 0.425 e. The topological polar surface area (TPSA) is 20.2 Å². The Morgan fingerprint density at radius 3 is 1.54 bits per heavy atom. The smallest absolute Gasteiger partial charge is 0.374 e. The van der Waals surface area contributed by atoms with Crippen molar-refractivity contribution >= 4 is 0 Å². The first kappa shape index (κ1) is 12.5. The summed E-state index contributed by atoms with van der Waals surface area (Å²) in [6, 6.07) is 0. The van der Waals surface area contributed by atoms with Gasteiger partial charge in [0.25, 0.3) is 11.5 Å². The Hall–Kier alpha value is -0.460. The van der Waals surface area contributed by atoms with Gasteiger partial charge in [-0.2, -0.15) is 13.2 Å². The molecule has 0 aliphatic carbocycles. The van der Waals surface area contributed by atoms with Crippen LogP contribution in [0.1, 0.15) is 13.3 Å². The van der Waals surface area contributed by atoms with Crippen LogP contribution in [0.3, 0.4) is 0 Å². The Bertz CT molecular complexity index is 176. The van der Waals surface area contributed by atoms with Crippen LogP contribution in [0.4, 0.5) is 26.3 Å². The van der Waals surface area contributed by atoms with Crippen molar-refractivity contribution in [3.8, 4) is 0 Å². The van der Waals surface area contributed by atoms with Gasteiger partial charge in [-0.25, -0.2) is 13.2 Å². The second-order valence-corrected chi connectivity index (χ2v) is 2.55. The summed E-state index contributed by atoms with van der Waals surface area (Å²) in [6.07, 6.45) is -6.96. The van der Waals surface area contributed by atoms with Crippen molar-refractivity contribution in [3.63, 3.8) is 0 Å². The van der Waals surface area contributed by atoms with Crippen LogP contribution in [0.5, 0.6) is 0 Å². The van der Waals surface area contributed by atoms with Crippen molar-refractivity contribution in [2.24, 2.45) is 0 Å². The van der Waals surface area contributed by atoms with Crippen LogP contribution in [0.2, 0.25) is 0 Å². The molecule has 0 radical (unpaired) electrons. The highest BCUT2D eigenvalue weighted by atomic mass is 19.4. The van der Waals surface area contributed by atoms with Crippen molar-refractivity contribution in [1.82, 2.24) is 0 Å². The van der Waals surface area contributed by atoms with E-state index in [1.807, 2.05) is 0 Å². The van der Waals surface area contributed by atoms with Crippen LogP contribution in [-0.4, -0.2) is 29.5 Å². The highest BCUT2D eigenvalue weighted by molar-refractivity contribution is 4.98. The van der Waals surface area contributed by atoms with Crippen LogP contribution < -0.4 is 0 Å². The lowest BCUT2D eigenvalue weighted by Gasteiger charge is -2.34. The highest BCUT2D eigenvalue weighted by Crippen LogP contribution is 2.43. The van der Waals surface area contributed by atoms with Crippen LogP contribution in [0, 0.1) is 0 Å². The van der Waals surface area contributed by atoms with Crippen molar-refractivity contribution in [1.29, 1.82) is 0 Å². The van der Waals surface area contributed by atoms with Crippen LogP contribution >= 0.6 is 0 Å². The lowest BCUT2D eigenvalue weighted by atomic mass is 9.94. The number of aliphatic hydroxyl groups is 1. The van der Waals surface area contributed by atoms with Crippen LogP contribution in [-0.2, 0) is 0 Å². The number of hydrogen-bond donors (Lipinski definition) is 1. The Kier molecular flexibility index (Phi) is 3.24. The zero-order valence-corrected chi connectivity index (χ0v) is 6.63. The van der Waals surface area contributed by atoms with E-state index in [9.17, 15) is 26.3 Å². The molecule has 80 valence electrons. The van der Waals surface area contributed by atoms with Gasteiger partial charge in [0.2, 0.25) is 0 Å². The maximum atomic E-state index is 12.5. The van der Waals surface area contributed by atoms with Gasteiger partial charge >= 0.3 is 6.18 Å². The molecule has 1 nitrogen and oxygen atoms in total. The molecule has 0 aromatic carbocycles. The van der Waals surface area contributed by atoms with E-state index in [4.69, 9.17) is 5.11 Å². The third kappa shape index (κ3) is 1.90. The normalized spacial score (nSPS) is 18.5. The van der Waals surface area contributed by atoms with E-state index in [0.29, 0.717) is 0 Å². The molecule has 13 heavy (non-hydrogen) atoms. The molecule has 0 amide bonds. The molecule has 0 heterocycles. The average molecular weight is 210 g/mol. The minimum atomic E-state index is -5.68. The maximum absolute atomic E-state index is 12.5. The molecule has 0 saturated heterocycles. The number of rotatable bonds is 3. The molecule has 0 bridgehead atoms. The molecule has 0 rings (SSSR count). The van der Waals surface area contributed by atoms with Crippen LogP contribution in [0.15, 0.2) is 0 Å². The number of halogens is 6. The molecular weight excluding hydrogens is 202 g/mol. The molecular formula is C6H8F6O. The first-order valence-corrected chi connectivity index (χ1v) is 3.35. The quantitative estimate of drug-likeness (QED) is 0.708. The van der Waals surface area contributed by atoms with Crippen molar-refractivity contribution in [3.05, 3.63) is 0 Å². The fraction of sp³-hybridized carbons (Fsp3) is 1.00. The second-order valence-electron chi connectivity index (χ2n) is 2.55. The predicted octanol–water partition coefficient (Wildman–Crippen LogP) is 2.29. The zero-order chi connectivity index (χ0) is 10.9. The SMILES string of the molecule is CCC(F)(F)C(O)(CF)C(F)(F)F. The summed E-state index contributed by atoms with van der Waals surface area (Å²) in [5, 5.41) is 8.43. The molecule has 1 N–H and O–H groups in total.